The van der Waals surface area contributed by atoms with Crippen molar-refractivity contribution in [2.24, 2.45) is 0 Å². The molecule has 6 nitrogen and oxygen atoms in total. The second-order valence-corrected chi connectivity index (χ2v) is 5.62. The number of anilines is 1. The first kappa shape index (κ1) is 15.4. The van der Waals surface area contributed by atoms with Gasteiger partial charge in [0.05, 0.1) is 30.8 Å². The number of carbonyl (C=O) groups is 1. The van der Waals surface area contributed by atoms with Gasteiger partial charge in [0.15, 0.2) is 0 Å². The lowest BCUT2D eigenvalue weighted by Gasteiger charge is -2.34. The Balaban J connectivity index is 1.45. The summed E-state index contributed by atoms with van der Waals surface area (Å²) >= 11 is 0. The van der Waals surface area contributed by atoms with Gasteiger partial charge in [0, 0.05) is 13.0 Å². The first-order valence-electron chi connectivity index (χ1n) is 7.71. The standard InChI is InChI=1S/C17H20N4O2/c1-18-17(22)21-14-9-19-16(20-10-14)13-7-15(8-13)23-11-12-5-3-2-4-6-12/h2-6,9-10,13,15H,7-8,11H2,1H3,(H2,18,21,22). The number of benzene rings is 1. The van der Waals surface area contributed by atoms with Crippen molar-refractivity contribution in [3.05, 3.63) is 54.1 Å². The Hall–Kier alpha value is -2.47. The van der Waals surface area contributed by atoms with E-state index < -0.39 is 0 Å². The van der Waals surface area contributed by atoms with Crippen LogP contribution in [0, 0.1) is 0 Å². The van der Waals surface area contributed by atoms with Crippen LogP contribution < -0.4 is 10.6 Å². The van der Waals surface area contributed by atoms with E-state index in [1.54, 1.807) is 19.4 Å². The molecular formula is C17H20N4O2. The van der Waals surface area contributed by atoms with E-state index in [9.17, 15) is 4.79 Å². The van der Waals surface area contributed by atoms with E-state index in [0.717, 1.165) is 18.7 Å². The molecular weight excluding hydrogens is 292 g/mol. The molecule has 1 aliphatic rings. The van der Waals surface area contributed by atoms with Gasteiger partial charge in [-0.3, -0.25) is 0 Å². The van der Waals surface area contributed by atoms with Crippen LogP contribution in [0.2, 0.25) is 0 Å². The molecule has 0 unspecified atom stereocenters. The van der Waals surface area contributed by atoms with Gasteiger partial charge in [0.1, 0.15) is 5.82 Å². The molecule has 6 heteroatoms. The number of carbonyl (C=O) groups excluding carboxylic acids is 1. The molecule has 23 heavy (non-hydrogen) atoms. The Kier molecular flexibility index (Phi) is 4.83. The average molecular weight is 312 g/mol. The summed E-state index contributed by atoms with van der Waals surface area (Å²) in [7, 11) is 1.56. The molecule has 1 aromatic carbocycles. The fourth-order valence-corrected chi connectivity index (χ4v) is 2.51. The highest BCUT2D eigenvalue weighted by Crippen LogP contribution is 2.37. The molecule has 0 bridgehead atoms. The van der Waals surface area contributed by atoms with Crippen molar-refractivity contribution in [1.29, 1.82) is 0 Å². The molecule has 0 saturated heterocycles. The van der Waals surface area contributed by atoms with Crippen molar-refractivity contribution < 1.29 is 9.53 Å². The SMILES string of the molecule is CNC(=O)Nc1cnc(C2CC(OCc3ccccc3)C2)nc1. The Bertz CT molecular complexity index is 639. The van der Waals surface area contributed by atoms with E-state index in [1.807, 2.05) is 18.2 Å². The number of nitrogens with zero attached hydrogens (tertiary/aromatic N) is 2. The van der Waals surface area contributed by atoms with Crippen LogP contribution in [0.1, 0.15) is 30.1 Å². The molecule has 1 aliphatic carbocycles. The summed E-state index contributed by atoms with van der Waals surface area (Å²) in [5.41, 5.74) is 1.78. The van der Waals surface area contributed by atoms with Gasteiger partial charge < -0.3 is 15.4 Å². The van der Waals surface area contributed by atoms with E-state index in [0.29, 0.717) is 18.2 Å². The molecule has 1 aromatic heterocycles. The van der Waals surface area contributed by atoms with E-state index >= 15 is 0 Å². The number of aromatic nitrogens is 2. The minimum Gasteiger partial charge on any atom is -0.373 e. The van der Waals surface area contributed by atoms with Gasteiger partial charge in [-0.25, -0.2) is 14.8 Å². The highest BCUT2D eigenvalue weighted by molar-refractivity contribution is 5.88. The number of rotatable bonds is 5. The minimum absolute atomic E-state index is 0.271. The predicted octanol–water partition coefficient (Wildman–Crippen LogP) is 2.69. The summed E-state index contributed by atoms with van der Waals surface area (Å²) < 4.78 is 5.89. The van der Waals surface area contributed by atoms with Crippen molar-refractivity contribution >= 4 is 11.7 Å². The maximum absolute atomic E-state index is 11.2. The van der Waals surface area contributed by atoms with E-state index in [2.05, 4.69) is 32.7 Å². The third kappa shape index (κ3) is 4.04. The van der Waals surface area contributed by atoms with Crippen molar-refractivity contribution in [2.45, 2.75) is 31.5 Å². The van der Waals surface area contributed by atoms with Gasteiger partial charge in [0.25, 0.3) is 0 Å². The van der Waals surface area contributed by atoms with E-state index in [1.165, 1.54) is 5.56 Å². The van der Waals surface area contributed by atoms with Crippen molar-refractivity contribution in [3.63, 3.8) is 0 Å². The van der Waals surface area contributed by atoms with E-state index in [-0.39, 0.29) is 12.1 Å². The zero-order valence-electron chi connectivity index (χ0n) is 13.0. The molecule has 1 saturated carbocycles. The van der Waals surface area contributed by atoms with Crippen LogP contribution in [0.4, 0.5) is 10.5 Å². The fraction of sp³-hybridized carbons (Fsp3) is 0.353. The molecule has 2 N–H and O–H groups in total. The normalized spacial score (nSPS) is 19.7. The Morgan fingerprint density at radius 1 is 1.22 bits per heavy atom. The first-order valence-corrected chi connectivity index (χ1v) is 7.71. The predicted molar refractivity (Wildman–Crippen MR) is 87.1 cm³/mol. The lowest BCUT2D eigenvalue weighted by molar-refractivity contribution is -0.0223. The number of nitrogens with one attached hydrogen (secondary N) is 2. The molecule has 120 valence electrons. The molecule has 1 heterocycles. The van der Waals surface area contributed by atoms with Crippen LogP contribution in [0.15, 0.2) is 42.7 Å². The third-order valence-electron chi connectivity index (χ3n) is 3.95. The van der Waals surface area contributed by atoms with Crippen molar-refractivity contribution in [2.75, 3.05) is 12.4 Å². The second-order valence-electron chi connectivity index (χ2n) is 5.62. The van der Waals surface area contributed by atoms with Crippen LogP contribution in [0.5, 0.6) is 0 Å². The maximum Gasteiger partial charge on any atom is 0.319 e. The highest BCUT2D eigenvalue weighted by atomic mass is 16.5. The number of amides is 2. The summed E-state index contributed by atoms with van der Waals surface area (Å²) in [4.78, 5) is 19.9. The molecule has 0 atom stereocenters. The molecule has 2 amide bonds. The van der Waals surface area contributed by atoms with E-state index in [4.69, 9.17) is 4.74 Å². The summed E-state index contributed by atoms with van der Waals surface area (Å²) in [6.07, 6.45) is 5.42. The molecule has 3 rings (SSSR count). The summed E-state index contributed by atoms with van der Waals surface area (Å²) in [6.45, 7) is 0.647. The average Bonchev–Trinajstić information content (AvgIpc) is 2.55. The molecule has 0 radical (unpaired) electrons. The van der Waals surface area contributed by atoms with Crippen LogP contribution >= 0.6 is 0 Å². The minimum atomic E-state index is -0.278. The van der Waals surface area contributed by atoms with Gasteiger partial charge >= 0.3 is 6.03 Å². The summed E-state index contributed by atoms with van der Waals surface area (Å²) in [6, 6.07) is 9.90. The Morgan fingerprint density at radius 3 is 2.57 bits per heavy atom. The third-order valence-corrected chi connectivity index (χ3v) is 3.95. The molecule has 0 aliphatic heterocycles. The fourth-order valence-electron chi connectivity index (χ4n) is 2.51. The number of hydrogen-bond donors (Lipinski definition) is 2. The Morgan fingerprint density at radius 2 is 1.91 bits per heavy atom. The summed E-state index contributed by atoms with van der Waals surface area (Å²) in [5, 5.41) is 5.13. The van der Waals surface area contributed by atoms with Crippen LogP contribution in [0.25, 0.3) is 0 Å². The van der Waals surface area contributed by atoms with Gasteiger partial charge in [0.2, 0.25) is 0 Å². The zero-order valence-corrected chi connectivity index (χ0v) is 13.0. The number of hydrogen-bond acceptors (Lipinski definition) is 4. The lowest BCUT2D eigenvalue weighted by atomic mass is 9.81. The van der Waals surface area contributed by atoms with Gasteiger partial charge in [-0.05, 0) is 18.4 Å². The molecule has 2 aromatic rings. The monoisotopic (exact) mass is 312 g/mol. The quantitative estimate of drug-likeness (QED) is 0.890. The lowest BCUT2D eigenvalue weighted by Crippen LogP contribution is -2.31. The van der Waals surface area contributed by atoms with Crippen molar-refractivity contribution in [3.8, 4) is 0 Å². The maximum atomic E-state index is 11.2. The van der Waals surface area contributed by atoms with Crippen molar-refractivity contribution in [1.82, 2.24) is 15.3 Å². The molecule has 0 spiro atoms. The van der Waals surface area contributed by atoms with Gasteiger partial charge in [-0.15, -0.1) is 0 Å². The van der Waals surface area contributed by atoms with Crippen LogP contribution in [-0.2, 0) is 11.3 Å². The van der Waals surface area contributed by atoms with Gasteiger partial charge in [-0.1, -0.05) is 30.3 Å². The first-order chi connectivity index (χ1) is 11.2. The Labute approximate surface area is 135 Å². The van der Waals surface area contributed by atoms with Gasteiger partial charge in [-0.2, -0.15) is 0 Å². The van der Waals surface area contributed by atoms with Crippen LogP contribution in [0.3, 0.4) is 0 Å². The smallest absolute Gasteiger partial charge is 0.319 e. The summed E-state index contributed by atoms with van der Waals surface area (Å²) in [5.74, 6) is 1.15. The second kappa shape index (κ2) is 7.19. The number of urea groups is 1. The largest absolute Gasteiger partial charge is 0.373 e. The topological polar surface area (TPSA) is 76.1 Å². The molecule has 1 fully saturated rings. The van der Waals surface area contributed by atoms with Crippen LogP contribution in [-0.4, -0.2) is 29.2 Å². The highest BCUT2D eigenvalue weighted by Gasteiger charge is 2.33. The zero-order chi connectivity index (χ0) is 16.1. The number of ether oxygens (including phenoxy) is 1.